The highest BCUT2D eigenvalue weighted by atomic mass is 32.2. The van der Waals surface area contributed by atoms with Crippen LogP contribution >= 0.6 is 11.3 Å². The van der Waals surface area contributed by atoms with Crippen LogP contribution in [0.1, 0.15) is 0 Å². The molecule has 0 atom stereocenters. The molecule has 0 aliphatic heterocycles. The molecule has 5 nitrogen and oxygen atoms in total. The number of thiophene rings is 1. The summed E-state index contributed by atoms with van der Waals surface area (Å²) in [5.41, 5.74) is 0. The zero-order chi connectivity index (χ0) is 11.9. The number of rotatable bonds is 3. The summed E-state index contributed by atoms with van der Waals surface area (Å²) in [4.78, 5) is -0.0876. The van der Waals surface area contributed by atoms with Crippen molar-refractivity contribution >= 4 is 31.0 Å². The van der Waals surface area contributed by atoms with Crippen LogP contribution in [-0.2, 0) is 19.7 Å². The van der Waals surface area contributed by atoms with E-state index in [0.717, 1.165) is 29.9 Å². The highest BCUT2D eigenvalue weighted by molar-refractivity contribution is 7.93. The van der Waals surface area contributed by atoms with Crippen LogP contribution in [0.15, 0.2) is 15.2 Å². The third-order valence-corrected chi connectivity index (χ3v) is 5.72. The number of sulfone groups is 2. The van der Waals surface area contributed by atoms with Crippen molar-refractivity contribution in [1.82, 2.24) is 0 Å². The summed E-state index contributed by atoms with van der Waals surface area (Å²) in [5.74, 6) is 0. The first-order valence-corrected chi connectivity index (χ1v) is 8.34. The van der Waals surface area contributed by atoms with Gasteiger partial charge in [-0.1, -0.05) is 11.3 Å². The van der Waals surface area contributed by atoms with Gasteiger partial charge in [0.25, 0.3) is 0 Å². The van der Waals surface area contributed by atoms with E-state index in [9.17, 15) is 16.8 Å². The zero-order valence-electron chi connectivity index (χ0n) is 8.34. The Morgan fingerprint density at radius 1 is 1.13 bits per heavy atom. The van der Waals surface area contributed by atoms with E-state index in [1.807, 2.05) is 0 Å². The summed E-state index contributed by atoms with van der Waals surface area (Å²) in [5, 5.41) is 0.0953. The predicted octanol–water partition coefficient (Wildman–Crippen LogP) is 0.564. The molecule has 0 fully saturated rings. The van der Waals surface area contributed by atoms with Crippen LogP contribution in [0.3, 0.4) is 0 Å². The molecule has 0 aliphatic rings. The van der Waals surface area contributed by atoms with Gasteiger partial charge in [0.2, 0.25) is 0 Å². The molecule has 0 saturated heterocycles. The van der Waals surface area contributed by atoms with Gasteiger partial charge in [-0.15, -0.1) is 0 Å². The predicted molar refractivity (Wildman–Crippen MR) is 57.1 cm³/mol. The van der Waals surface area contributed by atoms with E-state index in [1.165, 1.54) is 7.11 Å². The lowest BCUT2D eigenvalue weighted by Gasteiger charge is -1.97. The Balaban J connectivity index is 3.51. The molecular weight excluding hydrogens is 260 g/mol. The molecule has 0 aliphatic carbocycles. The molecule has 1 rings (SSSR count). The Hall–Kier alpha value is -0.600. The van der Waals surface area contributed by atoms with Gasteiger partial charge >= 0.3 is 0 Å². The van der Waals surface area contributed by atoms with E-state index in [0.29, 0.717) is 0 Å². The molecule has 15 heavy (non-hydrogen) atoms. The molecule has 0 bridgehead atoms. The fraction of sp³-hybridized carbons (Fsp3) is 0.429. The molecule has 0 radical (unpaired) electrons. The molecule has 0 unspecified atom stereocenters. The Kier molecular flexibility index (Phi) is 3.13. The largest absolute Gasteiger partial charge is 0.486 e. The fourth-order valence-electron chi connectivity index (χ4n) is 0.920. The maximum Gasteiger partial charge on any atom is 0.193 e. The van der Waals surface area contributed by atoms with Crippen molar-refractivity contribution in [2.75, 3.05) is 19.6 Å². The van der Waals surface area contributed by atoms with Crippen LogP contribution in [0.4, 0.5) is 0 Å². The number of methoxy groups -OCH3 is 1. The summed E-state index contributed by atoms with van der Waals surface area (Å²) in [7, 11) is -5.57. The minimum atomic E-state index is -3.46. The van der Waals surface area contributed by atoms with E-state index in [1.54, 1.807) is 0 Å². The third-order valence-electron chi connectivity index (χ3n) is 1.59. The van der Waals surface area contributed by atoms with Crippen LogP contribution in [0.2, 0.25) is 0 Å². The average Bonchev–Trinajstić information content (AvgIpc) is 2.44. The monoisotopic (exact) mass is 270 g/mol. The Labute approximate surface area is 92.5 Å². The second-order valence-corrected chi connectivity index (χ2v) is 8.21. The van der Waals surface area contributed by atoms with Gasteiger partial charge in [-0.25, -0.2) is 16.8 Å². The highest BCUT2D eigenvalue weighted by Gasteiger charge is 2.22. The lowest BCUT2D eigenvalue weighted by molar-refractivity contribution is 0.416. The number of hydrogen-bond acceptors (Lipinski definition) is 6. The Bertz CT molecular complexity index is 564. The van der Waals surface area contributed by atoms with Crippen molar-refractivity contribution in [3.8, 4) is 5.06 Å². The smallest absolute Gasteiger partial charge is 0.193 e. The van der Waals surface area contributed by atoms with E-state index < -0.39 is 19.7 Å². The van der Waals surface area contributed by atoms with E-state index in [4.69, 9.17) is 4.74 Å². The van der Waals surface area contributed by atoms with Crippen LogP contribution in [0.25, 0.3) is 0 Å². The number of hydrogen-bond donors (Lipinski definition) is 0. The first-order valence-electron chi connectivity index (χ1n) is 3.74. The van der Waals surface area contributed by atoms with E-state index in [2.05, 4.69) is 0 Å². The second kappa shape index (κ2) is 3.76. The molecule has 0 aromatic carbocycles. The van der Waals surface area contributed by atoms with Crippen molar-refractivity contribution in [3.63, 3.8) is 0 Å². The van der Waals surface area contributed by atoms with Gasteiger partial charge in [-0.2, -0.15) is 0 Å². The Morgan fingerprint density at radius 3 is 1.93 bits per heavy atom. The van der Waals surface area contributed by atoms with Gasteiger partial charge in [-0.05, 0) is 6.07 Å². The van der Waals surface area contributed by atoms with Gasteiger partial charge in [0.1, 0.15) is 9.10 Å². The molecule has 86 valence electrons. The molecule has 0 spiro atoms. The summed E-state index contributed by atoms with van der Waals surface area (Å²) < 4.78 is 49.8. The van der Waals surface area contributed by atoms with Gasteiger partial charge in [0.15, 0.2) is 24.7 Å². The van der Waals surface area contributed by atoms with Crippen LogP contribution in [-0.4, -0.2) is 36.5 Å². The molecule has 0 saturated carbocycles. The maximum atomic E-state index is 11.3. The number of ether oxygens (including phenoxy) is 1. The van der Waals surface area contributed by atoms with Crippen molar-refractivity contribution in [3.05, 3.63) is 6.07 Å². The molecule has 1 heterocycles. The van der Waals surface area contributed by atoms with Gasteiger partial charge in [0.05, 0.1) is 7.11 Å². The van der Waals surface area contributed by atoms with Crippen LogP contribution in [0.5, 0.6) is 5.06 Å². The van der Waals surface area contributed by atoms with Gasteiger partial charge in [0, 0.05) is 12.5 Å². The summed E-state index contributed by atoms with van der Waals surface area (Å²) in [6, 6.07) is 1.12. The maximum absolute atomic E-state index is 11.3. The molecule has 0 amide bonds. The molecule has 1 aromatic rings. The fourth-order valence-corrected chi connectivity index (χ4v) is 4.13. The Morgan fingerprint density at radius 2 is 1.67 bits per heavy atom. The third kappa shape index (κ3) is 2.70. The zero-order valence-corrected chi connectivity index (χ0v) is 10.8. The molecule has 8 heteroatoms. The van der Waals surface area contributed by atoms with E-state index in [-0.39, 0.29) is 14.2 Å². The quantitative estimate of drug-likeness (QED) is 0.802. The van der Waals surface area contributed by atoms with Crippen molar-refractivity contribution in [2.45, 2.75) is 9.10 Å². The first kappa shape index (κ1) is 12.5. The molecule has 1 aromatic heterocycles. The lowest BCUT2D eigenvalue weighted by atomic mass is 10.6. The minimum absolute atomic E-state index is 0.0141. The first-order chi connectivity index (χ1) is 6.66. The topological polar surface area (TPSA) is 77.5 Å². The summed E-state index contributed by atoms with van der Waals surface area (Å²) >= 11 is 0.804. The molecule has 0 N–H and O–H groups in total. The summed E-state index contributed by atoms with van der Waals surface area (Å²) in [6.07, 6.45) is 2.02. The minimum Gasteiger partial charge on any atom is -0.486 e. The van der Waals surface area contributed by atoms with Crippen molar-refractivity contribution in [2.24, 2.45) is 0 Å². The normalized spacial score (nSPS) is 12.7. The second-order valence-electron chi connectivity index (χ2n) is 2.97. The van der Waals surface area contributed by atoms with Crippen LogP contribution in [0, 0.1) is 0 Å². The van der Waals surface area contributed by atoms with Crippen molar-refractivity contribution in [1.29, 1.82) is 0 Å². The summed E-state index contributed by atoms with van der Waals surface area (Å²) in [6.45, 7) is 0. The van der Waals surface area contributed by atoms with Gasteiger partial charge in [-0.3, -0.25) is 0 Å². The lowest BCUT2D eigenvalue weighted by Crippen LogP contribution is -1.97. The van der Waals surface area contributed by atoms with Crippen LogP contribution < -0.4 is 4.74 Å². The average molecular weight is 270 g/mol. The SMILES string of the molecule is COc1sc(S(C)(=O)=O)cc1S(C)(=O)=O. The molecular formula is C7H10O5S3. The van der Waals surface area contributed by atoms with Gasteiger partial charge < -0.3 is 4.74 Å². The highest BCUT2D eigenvalue weighted by Crippen LogP contribution is 2.36. The van der Waals surface area contributed by atoms with E-state index >= 15 is 0 Å². The standard InChI is InChI=1S/C7H10O5S3/c1-12-7-5(14(2,8)9)4-6(13-7)15(3,10)11/h4H,1-3H3. The van der Waals surface area contributed by atoms with Crippen molar-refractivity contribution < 1.29 is 21.6 Å².